The van der Waals surface area contributed by atoms with Crippen LogP contribution in [0.25, 0.3) is 0 Å². The minimum Gasteiger partial charge on any atom is -0.480 e. The number of hydrogen-bond donors (Lipinski definition) is 3. The van der Waals surface area contributed by atoms with Crippen LogP contribution in [0.15, 0.2) is 12.7 Å². The Balaban J connectivity index is 2.35. The smallest absolute Gasteiger partial charge is 0.329 e. The van der Waals surface area contributed by atoms with Crippen molar-refractivity contribution in [2.75, 3.05) is 6.54 Å². The Morgan fingerprint density at radius 3 is 2.53 bits per heavy atom. The van der Waals surface area contributed by atoms with Crippen LogP contribution in [0.1, 0.15) is 25.7 Å². The lowest BCUT2D eigenvalue weighted by molar-refractivity contribution is -0.148. The van der Waals surface area contributed by atoms with Crippen LogP contribution in [-0.4, -0.2) is 29.2 Å². The Hall–Kier alpha value is -1.52. The van der Waals surface area contributed by atoms with Gasteiger partial charge in [-0.3, -0.25) is 0 Å². The van der Waals surface area contributed by atoms with Crippen LogP contribution in [0.2, 0.25) is 0 Å². The van der Waals surface area contributed by atoms with Crippen LogP contribution in [0.5, 0.6) is 0 Å². The topological polar surface area (TPSA) is 78.4 Å². The molecule has 1 rings (SSSR count). The lowest BCUT2D eigenvalue weighted by Crippen LogP contribution is -2.61. The van der Waals surface area contributed by atoms with Gasteiger partial charge >= 0.3 is 12.0 Å². The number of carbonyl (C=O) groups excluding carboxylic acids is 1. The molecule has 5 nitrogen and oxygen atoms in total. The molecule has 0 saturated heterocycles. The highest BCUT2D eigenvalue weighted by Gasteiger charge is 2.45. The Morgan fingerprint density at radius 1 is 1.47 bits per heavy atom. The highest BCUT2D eigenvalue weighted by atomic mass is 16.4. The second-order valence-electron chi connectivity index (χ2n) is 3.70. The normalized spacial score (nSPS) is 17.3. The van der Waals surface area contributed by atoms with Gasteiger partial charge in [-0.15, -0.1) is 6.58 Å². The summed E-state index contributed by atoms with van der Waals surface area (Å²) >= 11 is 0. The maximum absolute atomic E-state index is 11.3. The van der Waals surface area contributed by atoms with E-state index in [2.05, 4.69) is 17.2 Å². The maximum Gasteiger partial charge on any atom is 0.329 e. The molecule has 0 aromatic rings. The fraction of sp³-hybridized carbons (Fsp3) is 0.600. The van der Waals surface area contributed by atoms with Crippen molar-refractivity contribution in [3.8, 4) is 0 Å². The fourth-order valence-corrected chi connectivity index (χ4v) is 1.47. The first-order chi connectivity index (χ1) is 7.10. The zero-order valence-corrected chi connectivity index (χ0v) is 8.58. The van der Waals surface area contributed by atoms with Crippen molar-refractivity contribution in [2.24, 2.45) is 0 Å². The molecular weight excluding hydrogens is 196 g/mol. The molecule has 2 amide bonds. The zero-order chi connectivity index (χ0) is 11.3. The third-order valence-electron chi connectivity index (χ3n) is 2.60. The molecule has 0 heterocycles. The molecule has 0 atom stereocenters. The number of aliphatic carboxylic acids is 1. The molecule has 0 aliphatic heterocycles. The minimum absolute atomic E-state index is 0.418. The van der Waals surface area contributed by atoms with Crippen LogP contribution in [0.3, 0.4) is 0 Å². The summed E-state index contributed by atoms with van der Waals surface area (Å²) in [6.45, 7) is 4.00. The third-order valence-corrected chi connectivity index (χ3v) is 2.60. The van der Waals surface area contributed by atoms with Gasteiger partial charge in [0.05, 0.1) is 0 Å². The molecule has 1 saturated carbocycles. The molecule has 0 unspecified atom stereocenters. The van der Waals surface area contributed by atoms with Crippen LogP contribution >= 0.6 is 0 Å². The minimum atomic E-state index is -1.03. The van der Waals surface area contributed by atoms with Gasteiger partial charge in [0.25, 0.3) is 0 Å². The van der Waals surface area contributed by atoms with E-state index < -0.39 is 17.5 Å². The highest BCUT2D eigenvalue weighted by molar-refractivity contribution is 5.87. The molecule has 1 fully saturated rings. The van der Waals surface area contributed by atoms with Crippen LogP contribution in [0, 0.1) is 0 Å². The van der Waals surface area contributed by atoms with Crippen LogP contribution in [0.4, 0.5) is 4.79 Å². The first-order valence-electron chi connectivity index (χ1n) is 5.01. The summed E-state index contributed by atoms with van der Waals surface area (Å²) in [5.74, 6) is -0.951. The Kier molecular flexibility index (Phi) is 3.71. The van der Waals surface area contributed by atoms with Gasteiger partial charge in [0, 0.05) is 6.54 Å². The summed E-state index contributed by atoms with van der Waals surface area (Å²) in [5.41, 5.74) is -1.03. The van der Waals surface area contributed by atoms with E-state index >= 15 is 0 Å². The number of nitrogens with one attached hydrogen (secondary N) is 2. The van der Waals surface area contributed by atoms with Gasteiger partial charge in [-0.1, -0.05) is 6.08 Å². The van der Waals surface area contributed by atoms with Crippen molar-refractivity contribution in [1.29, 1.82) is 0 Å². The molecule has 0 aromatic heterocycles. The molecule has 0 bridgehead atoms. The average molecular weight is 212 g/mol. The molecule has 15 heavy (non-hydrogen) atoms. The molecule has 1 aliphatic rings. The van der Waals surface area contributed by atoms with Gasteiger partial charge < -0.3 is 15.7 Å². The predicted octanol–water partition coefficient (Wildman–Crippen LogP) is 0.869. The molecular formula is C10H16N2O3. The lowest BCUT2D eigenvalue weighted by Gasteiger charge is -2.38. The molecule has 84 valence electrons. The number of hydrogen-bond acceptors (Lipinski definition) is 2. The van der Waals surface area contributed by atoms with Gasteiger partial charge in [0.15, 0.2) is 0 Å². The summed E-state index contributed by atoms with van der Waals surface area (Å²) in [6.07, 6.45) is 4.23. The number of carbonyl (C=O) groups is 2. The van der Waals surface area contributed by atoms with Gasteiger partial charge in [-0.25, -0.2) is 9.59 Å². The summed E-state index contributed by atoms with van der Waals surface area (Å²) in [4.78, 5) is 22.2. The fourth-order valence-electron chi connectivity index (χ4n) is 1.47. The van der Waals surface area contributed by atoms with Crippen molar-refractivity contribution >= 4 is 12.0 Å². The van der Waals surface area contributed by atoms with Crippen LogP contribution in [-0.2, 0) is 4.79 Å². The molecule has 0 aromatic carbocycles. The van der Waals surface area contributed by atoms with Crippen LogP contribution < -0.4 is 10.6 Å². The standard InChI is InChI=1S/C10H16N2O3/c1-2-3-7-11-9(15)12-10(8(13)14)5-4-6-10/h2H,1,3-7H2,(H,13,14)(H2,11,12,15). The predicted molar refractivity (Wildman–Crippen MR) is 55.6 cm³/mol. The highest BCUT2D eigenvalue weighted by Crippen LogP contribution is 2.31. The van der Waals surface area contributed by atoms with E-state index in [4.69, 9.17) is 5.11 Å². The lowest BCUT2D eigenvalue weighted by atomic mass is 9.77. The first-order valence-corrected chi connectivity index (χ1v) is 5.01. The van der Waals surface area contributed by atoms with E-state index in [0.717, 1.165) is 6.42 Å². The number of amides is 2. The van der Waals surface area contributed by atoms with E-state index in [-0.39, 0.29) is 0 Å². The van der Waals surface area contributed by atoms with E-state index in [1.54, 1.807) is 6.08 Å². The second-order valence-corrected chi connectivity index (χ2v) is 3.70. The average Bonchev–Trinajstić information content (AvgIpc) is 2.11. The Bertz CT molecular complexity index is 272. The largest absolute Gasteiger partial charge is 0.480 e. The summed E-state index contributed by atoms with van der Waals surface area (Å²) in [6, 6.07) is -0.418. The third kappa shape index (κ3) is 2.71. The number of rotatable bonds is 5. The number of urea groups is 1. The SMILES string of the molecule is C=CCCNC(=O)NC1(C(=O)O)CCC1. The number of carboxylic acids is 1. The monoisotopic (exact) mass is 212 g/mol. The first kappa shape index (κ1) is 11.6. The van der Waals surface area contributed by atoms with Gasteiger partial charge in [0.1, 0.15) is 5.54 Å². The van der Waals surface area contributed by atoms with Gasteiger partial charge in [0.2, 0.25) is 0 Å². The van der Waals surface area contributed by atoms with Gasteiger partial charge in [-0.05, 0) is 25.7 Å². The maximum atomic E-state index is 11.3. The Labute approximate surface area is 88.5 Å². The summed E-state index contributed by atoms with van der Waals surface area (Å²) in [5, 5.41) is 14.0. The molecule has 5 heteroatoms. The van der Waals surface area contributed by atoms with Gasteiger partial charge in [-0.2, -0.15) is 0 Å². The van der Waals surface area contributed by atoms with E-state index in [0.29, 0.717) is 25.8 Å². The summed E-state index contributed by atoms with van der Waals surface area (Å²) in [7, 11) is 0. The van der Waals surface area contributed by atoms with Crippen molar-refractivity contribution < 1.29 is 14.7 Å². The Morgan fingerprint density at radius 2 is 2.13 bits per heavy atom. The van der Waals surface area contributed by atoms with E-state index in [1.165, 1.54) is 0 Å². The van der Waals surface area contributed by atoms with E-state index in [9.17, 15) is 9.59 Å². The molecule has 1 aliphatic carbocycles. The quantitative estimate of drug-likeness (QED) is 0.467. The van der Waals surface area contributed by atoms with Crippen molar-refractivity contribution in [1.82, 2.24) is 10.6 Å². The van der Waals surface area contributed by atoms with Crippen molar-refractivity contribution in [2.45, 2.75) is 31.2 Å². The second kappa shape index (κ2) is 4.82. The molecule has 0 spiro atoms. The number of carboxylic acid groups (broad SMARTS) is 1. The molecule has 3 N–H and O–H groups in total. The molecule has 0 radical (unpaired) electrons. The van der Waals surface area contributed by atoms with E-state index in [1.807, 2.05) is 0 Å². The zero-order valence-electron chi connectivity index (χ0n) is 8.58. The summed E-state index contributed by atoms with van der Waals surface area (Å²) < 4.78 is 0. The van der Waals surface area contributed by atoms with Crippen molar-refractivity contribution in [3.05, 3.63) is 12.7 Å². The van der Waals surface area contributed by atoms with Crippen molar-refractivity contribution in [3.63, 3.8) is 0 Å².